The zero-order valence-corrected chi connectivity index (χ0v) is 14.1. The minimum atomic E-state index is -0.695. The van der Waals surface area contributed by atoms with Crippen molar-refractivity contribution in [2.45, 2.75) is 19.6 Å². The number of halogens is 3. The van der Waals surface area contributed by atoms with Gasteiger partial charge in [0.05, 0.1) is 21.6 Å². The summed E-state index contributed by atoms with van der Waals surface area (Å²) < 4.78 is 5.53. The fraction of sp³-hybridized carbons (Fsp3) is 0.214. The lowest BCUT2D eigenvalue weighted by Gasteiger charge is -2.16. The summed E-state index contributed by atoms with van der Waals surface area (Å²) in [5, 5.41) is 5.72. The van der Waals surface area contributed by atoms with E-state index in [-0.39, 0.29) is 5.91 Å². The quantitative estimate of drug-likeness (QED) is 0.774. The van der Waals surface area contributed by atoms with Crippen LogP contribution >= 0.6 is 46.1 Å². The maximum Gasteiger partial charge on any atom is 0.261 e. The van der Waals surface area contributed by atoms with Gasteiger partial charge in [0, 0.05) is 10.9 Å². The molecule has 0 radical (unpaired) electrons. The molecule has 3 nitrogen and oxygen atoms in total. The molecule has 0 aliphatic heterocycles. The number of thiophene rings is 1. The van der Waals surface area contributed by atoms with Gasteiger partial charge in [0.25, 0.3) is 5.91 Å². The molecule has 7 heteroatoms. The summed E-state index contributed by atoms with van der Waals surface area (Å²) >= 11 is 19.3. The zero-order chi connectivity index (χ0) is 15.4. The van der Waals surface area contributed by atoms with Crippen LogP contribution in [-0.2, 0) is 11.3 Å². The van der Waals surface area contributed by atoms with Gasteiger partial charge in [-0.2, -0.15) is 0 Å². The number of carbonyl (C=O) groups excluding carboxylic acids is 1. The normalized spacial score (nSPS) is 12.0. The van der Waals surface area contributed by atoms with Gasteiger partial charge in [0.15, 0.2) is 6.10 Å². The Balaban J connectivity index is 1.95. The molecule has 0 saturated carbocycles. The minimum Gasteiger partial charge on any atom is -0.479 e. The van der Waals surface area contributed by atoms with E-state index in [1.807, 2.05) is 17.5 Å². The second-order valence-electron chi connectivity index (χ2n) is 4.25. The van der Waals surface area contributed by atoms with Gasteiger partial charge in [0.1, 0.15) is 5.75 Å². The van der Waals surface area contributed by atoms with E-state index in [0.29, 0.717) is 27.4 Å². The van der Waals surface area contributed by atoms with Crippen molar-refractivity contribution in [3.05, 3.63) is 49.6 Å². The summed E-state index contributed by atoms with van der Waals surface area (Å²) in [5.74, 6) is 0.0929. The minimum absolute atomic E-state index is 0.231. The largest absolute Gasteiger partial charge is 0.479 e. The number of ether oxygens (including phenoxy) is 1. The standard InChI is InChI=1S/C14H12Cl3NO2S/c1-8(14(19)18-7-9-3-2-4-21-9)20-13-6-11(16)10(15)5-12(13)17/h2-6,8H,7H2,1H3,(H,18,19). The van der Waals surface area contributed by atoms with Gasteiger partial charge in [-0.1, -0.05) is 40.9 Å². The van der Waals surface area contributed by atoms with Crippen LogP contribution in [0.1, 0.15) is 11.8 Å². The number of rotatable bonds is 5. The monoisotopic (exact) mass is 363 g/mol. The van der Waals surface area contributed by atoms with Crippen LogP contribution in [-0.4, -0.2) is 12.0 Å². The first-order valence-corrected chi connectivity index (χ1v) is 8.10. The second-order valence-corrected chi connectivity index (χ2v) is 6.51. The Labute approximate surface area is 141 Å². The second kappa shape index (κ2) is 7.36. The Morgan fingerprint density at radius 1 is 1.29 bits per heavy atom. The predicted molar refractivity (Wildman–Crippen MR) is 87.7 cm³/mol. The van der Waals surface area contributed by atoms with Crippen molar-refractivity contribution in [3.8, 4) is 5.75 Å². The first kappa shape index (κ1) is 16.4. The predicted octanol–water partition coefficient (Wildman–Crippen LogP) is 4.79. The lowest BCUT2D eigenvalue weighted by Crippen LogP contribution is -2.35. The van der Waals surface area contributed by atoms with Crippen LogP contribution in [0.15, 0.2) is 29.6 Å². The number of hydrogen-bond acceptors (Lipinski definition) is 3. The van der Waals surface area contributed by atoms with Gasteiger partial charge in [-0.3, -0.25) is 4.79 Å². The lowest BCUT2D eigenvalue weighted by molar-refractivity contribution is -0.127. The summed E-state index contributed by atoms with van der Waals surface area (Å²) in [6.45, 7) is 2.11. The molecule has 1 amide bonds. The molecule has 0 aliphatic carbocycles. The Morgan fingerprint density at radius 2 is 2.00 bits per heavy atom. The summed E-state index contributed by atoms with van der Waals surface area (Å²) in [6, 6.07) is 6.86. The van der Waals surface area contributed by atoms with E-state index in [4.69, 9.17) is 39.5 Å². The van der Waals surface area contributed by atoms with Crippen molar-refractivity contribution in [2.24, 2.45) is 0 Å². The highest BCUT2D eigenvalue weighted by Gasteiger charge is 2.17. The number of amides is 1. The van der Waals surface area contributed by atoms with Gasteiger partial charge in [-0.15, -0.1) is 11.3 Å². The molecule has 2 rings (SSSR count). The summed E-state index contributed by atoms with van der Waals surface area (Å²) in [6.07, 6.45) is -0.695. The van der Waals surface area contributed by atoms with E-state index in [2.05, 4.69) is 5.32 Å². The van der Waals surface area contributed by atoms with Crippen LogP contribution in [0.2, 0.25) is 15.1 Å². The molecule has 21 heavy (non-hydrogen) atoms. The first-order chi connectivity index (χ1) is 9.97. The van der Waals surface area contributed by atoms with E-state index in [1.54, 1.807) is 18.3 Å². The first-order valence-electron chi connectivity index (χ1n) is 6.08. The lowest BCUT2D eigenvalue weighted by atomic mass is 10.3. The molecule has 2 aromatic rings. The molecular formula is C14H12Cl3NO2S. The Kier molecular flexibility index (Phi) is 5.76. The maximum atomic E-state index is 12.0. The van der Waals surface area contributed by atoms with Gasteiger partial charge < -0.3 is 10.1 Å². The molecular weight excluding hydrogens is 353 g/mol. The average Bonchev–Trinajstić information content (AvgIpc) is 2.95. The van der Waals surface area contributed by atoms with Crippen LogP contribution in [0.4, 0.5) is 0 Å². The van der Waals surface area contributed by atoms with Crippen molar-refractivity contribution >= 4 is 52.0 Å². The third kappa shape index (κ3) is 4.51. The Morgan fingerprint density at radius 3 is 2.67 bits per heavy atom. The van der Waals surface area contributed by atoms with Crippen molar-refractivity contribution in [1.82, 2.24) is 5.32 Å². The zero-order valence-electron chi connectivity index (χ0n) is 11.0. The molecule has 1 heterocycles. The highest BCUT2D eigenvalue weighted by molar-refractivity contribution is 7.09. The Bertz CT molecular complexity index is 631. The van der Waals surface area contributed by atoms with Crippen LogP contribution < -0.4 is 10.1 Å². The molecule has 1 unspecified atom stereocenters. The topological polar surface area (TPSA) is 38.3 Å². The van der Waals surface area contributed by atoms with E-state index >= 15 is 0 Å². The molecule has 112 valence electrons. The fourth-order valence-electron chi connectivity index (χ4n) is 1.57. The third-order valence-corrected chi connectivity index (χ3v) is 4.56. The average molecular weight is 365 g/mol. The molecule has 0 saturated heterocycles. The Hall–Kier alpha value is -0.940. The van der Waals surface area contributed by atoms with Crippen LogP contribution in [0.3, 0.4) is 0 Å². The molecule has 0 fully saturated rings. The highest BCUT2D eigenvalue weighted by Crippen LogP contribution is 2.34. The molecule has 0 bridgehead atoms. The van der Waals surface area contributed by atoms with Crippen molar-refractivity contribution in [1.29, 1.82) is 0 Å². The van der Waals surface area contributed by atoms with E-state index in [0.717, 1.165) is 4.88 Å². The van der Waals surface area contributed by atoms with Crippen molar-refractivity contribution in [3.63, 3.8) is 0 Å². The summed E-state index contributed by atoms with van der Waals surface area (Å²) in [5.41, 5.74) is 0. The summed E-state index contributed by atoms with van der Waals surface area (Å²) in [4.78, 5) is 13.0. The van der Waals surface area contributed by atoms with Gasteiger partial charge >= 0.3 is 0 Å². The molecule has 0 aliphatic rings. The molecule has 1 atom stereocenters. The van der Waals surface area contributed by atoms with E-state index in [9.17, 15) is 4.79 Å². The van der Waals surface area contributed by atoms with Crippen molar-refractivity contribution < 1.29 is 9.53 Å². The molecule has 1 aromatic heterocycles. The highest BCUT2D eigenvalue weighted by atomic mass is 35.5. The van der Waals surface area contributed by atoms with Crippen LogP contribution in [0.25, 0.3) is 0 Å². The van der Waals surface area contributed by atoms with Gasteiger partial charge in [-0.05, 0) is 24.4 Å². The molecule has 0 spiro atoms. The van der Waals surface area contributed by atoms with Gasteiger partial charge in [-0.25, -0.2) is 0 Å². The molecule has 1 N–H and O–H groups in total. The third-order valence-electron chi connectivity index (χ3n) is 2.66. The maximum absolute atomic E-state index is 12.0. The molecule has 1 aromatic carbocycles. The number of nitrogens with one attached hydrogen (secondary N) is 1. The van der Waals surface area contributed by atoms with Crippen LogP contribution in [0.5, 0.6) is 5.75 Å². The fourth-order valence-corrected chi connectivity index (χ4v) is 2.80. The summed E-state index contributed by atoms with van der Waals surface area (Å²) in [7, 11) is 0. The number of hydrogen-bond donors (Lipinski definition) is 1. The number of carbonyl (C=O) groups is 1. The van der Waals surface area contributed by atoms with Gasteiger partial charge in [0.2, 0.25) is 0 Å². The smallest absolute Gasteiger partial charge is 0.261 e. The SMILES string of the molecule is CC(Oc1cc(Cl)c(Cl)cc1Cl)C(=O)NCc1cccs1. The van der Waals surface area contributed by atoms with Crippen LogP contribution in [0, 0.1) is 0 Å². The number of benzene rings is 1. The van der Waals surface area contributed by atoms with Crippen molar-refractivity contribution in [2.75, 3.05) is 0 Å². The van der Waals surface area contributed by atoms with E-state index in [1.165, 1.54) is 12.1 Å². The van der Waals surface area contributed by atoms with E-state index < -0.39 is 6.10 Å².